The van der Waals surface area contributed by atoms with Gasteiger partial charge in [-0.3, -0.25) is 4.90 Å². The van der Waals surface area contributed by atoms with E-state index < -0.39 is 0 Å². The second kappa shape index (κ2) is 4.01. The van der Waals surface area contributed by atoms with Gasteiger partial charge >= 0.3 is 0 Å². The Balaban J connectivity index is 2.14. The zero-order valence-corrected chi connectivity index (χ0v) is 8.92. The largest absolute Gasteiger partial charge is 0.496 e. The van der Waals surface area contributed by atoms with Crippen LogP contribution in [-0.2, 0) is 6.54 Å². The topological polar surface area (TPSA) is 12.5 Å². The minimum atomic E-state index is 1.02. The Hall–Kier alpha value is -1.02. The Labute approximate surface area is 85.5 Å². The van der Waals surface area contributed by atoms with Crippen LogP contribution in [0.4, 0.5) is 0 Å². The Morgan fingerprint density at radius 1 is 1.36 bits per heavy atom. The van der Waals surface area contributed by atoms with Crippen LogP contribution in [0.15, 0.2) is 18.2 Å². The number of rotatable bonds is 3. The summed E-state index contributed by atoms with van der Waals surface area (Å²) in [7, 11) is 1.74. The highest BCUT2D eigenvalue weighted by Gasteiger charge is 2.15. The molecule has 0 N–H and O–H groups in total. The lowest BCUT2D eigenvalue weighted by Crippen LogP contribution is -2.36. The highest BCUT2D eigenvalue weighted by Crippen LogP contribution is 2.23. The molecule has 76 valence electrons. The number of hydrogen-bond acceptors (Lipinski definition) is 2. The molecule has 1 aromatic rings. The van der Waals surface area contributed by atoms with Crippen molar-refractivity contribution in [1.29, 1.82) is 0 Å². The molecule has 0 aromatic heterocycles. The molecule has 1 aliphatic heterocycles. The monoisotopic (exact) mass is 191 g/mol. The summed E-state index contributed by atoms with van der Waals surface area (Å²) in [5.41, 5.74) is 2.56. The molecular weight excluding hydrogens is 174 g/mol. The lowest BCUT2D eigenvalue weighted by atomic mass is 10.1. The van der Waals surface area contributed by atoms with Crippen molar-refractivity contribution in [3.05, 3.63) is 29.3 Å². The molecule has 0 spiro atoms. The van der Waals surface area contributed by atoms with Gasteiger partial charge in [-0.25, -0.2) is 0 Å². The number of benzene rings is 1. The van der Waals surface area contributed by atoms with Gasteiger partial charge in [-0.05, 0) is 38.1 Å². The van der Waals surface area contributed by atoms with E-state index in [1.54, 1.807) is 7.11 Å². The first-order chi connectivity index (χ1) is 6.79. The van der Waals surface area contributed by atoms with Crippen LogP contribution in [0, 0.1) is 6.92 Å². The third-order valence-corrected chi connectivity index (χ3v) is 2.79. The lowest BCUT2D eigenvalue weighted by Gasteiger charge is -2.31. The van der Waals surface area contributed by atoms with Crippen LogP contribution in [-0.4, -0.2) is 25.1 Å². The van der Waals surface area contributed by atoms with Gasteiger partial charge in [-0.1, -0.05) is 12.1 Å². The molecule has 1 saturated heterocycles. The predicted molar refractivity (Wildman–Crippen MR) is 57.6 cm³/mol. The van der Waals surface area contributed by atoms with Crippen molar-refractivity contribution in [3.63, 3.8) is 0 Å². The molecular formula is C12H17NO. The minimum Gasteiger partial charge on any atom is -0.496 e. The van der Waals surface area contributed by atoms with Gasteiger partial charge in [0.1, 0.15) is 5.75 Å². The van der Waals surface area contributed by atoms with E-state index in [4.69, 9.17) is 4.74 Å². The molecule has 0 amide bonds. The van der Waals surface area contributed by atoms with Crippen LogP contribution in [0.2, 0.25) is 0 Å². The number of methoxy groups -OCH3 is 1. The third kappa shape index (κ3) is 1.90. The second-order valence-electron chi connectivity index (χ2n) is 3.95. The van der Waals surface area contributed by atoms with Gasteiger partial charge < -0.3 is 4.74 Å². The van der Waals surface area contributed by atoms with E-state index in [1.165, 1.54) is 30.6 Å². The van der Waals surface area contributed by atoms with E-state index in [0.29, 0.717) is 0 Å². The van der Waals surface area contributed by atoms with Crippen LogP contribution in [0.3, 0.4) is 0 Å². The summed E-state index contributed by atoms with van der Waals surface area (Å²) >= 11 is 0. The highest BCUT2D eigenvalue weighted by molar-refractivity contribution is 5.37. The van der Waals surface area contributed by atoms with Gasteiger partial charge in [-0.15, -0.1) is 0 Å². The molecule has 0 aliphatic carbocycles. The molecule has 1 fully saturated rings. The van der Waals surface area contributed by atoms with E-state index >= 15 is 0 Å². The lowest BCUT2D eigenvalue weighted by molar-refractivity contribution is 0.170. The fraction of sp³-hybridized carbons (Fsp3) is 0.500. The number of aryl methyl sites for hydroxylation is 1. The summed E-state index contributed by atoms with van der Waals surface area (Å²) in [6.45, 7) is 5.59. The van der Waals surface area contributed by atoms with Crippen molar-refractivity contribution in [2.75, 3.05) is 20.2 Å². The first kappa shape index (κ1) is 9.53. The fourth-order valence-electron chi connectivity index (χ4n) is 1.76. The van der Waals surface area contributed by atoms with E-state index in [-0.39, 0.29) is 0 Å². The summed E-state index contributed by atoms with van der Waals surface area (Å²) < 4.78 is 5.37. The average Bonchev–Trinajstić information content (AvgIpc) is 2.13. The molecule has 2 heteroatoms. The first-order valence-corrected chi connectivity index (χ1v) is 5.15. The average molecular weight is 191 g/mol. The van der Waals surface area contributed by atoms with Crippen LogP contribution >= 0.6 is 0 Å². The van der Waals surface area contributed by atoms with Gasteiger partial charge in [0.2, 0.25) is 0 Å². The molecule has 1 heterocycles. The van der Waals surface area contributed by atoms with Crippen LogP contribution in [0.25, 0.3) is 0 Å². The summed E-state index contributed by atoms with van der Waals surface area (Å²) in [5.74, 6) is 1.02. The molecule has 0 saturated carbocycles. The van der Waals surface area contributed by atoms with E-state index in [9.17, 15) is 0 Å². The molecule has 2 rings (SSSR count). The Kier molecular flexibility index (Phi) is 2.73. The zero-order valence-electron chi connectivity index (χ0n) is 8.92. The maximum Gasteiger partial charge on any atom is 0.123 e. The van der Waals surface area contributed by atoms with Crippen molar-refractivity contribution in [2.45, 2.75) is 19.9 Å². The standard InChI is InChI=1S/C12H17NO/c1-10-4-5-11(12(8-10)14-2)9-13-6-3-7-13/h4-5,8H,3,6-7,9H2,1-2H3. The molecule has 2 nitrogen and oxygen atoms in total. The Bertz CT molecular complexity index is 318. The van der Waals surface area contributed by atoms with Crippen molar-refractivity contribution in [3.8, 4) is 5.75 Å². The summed E-state index contributed by atoms with van der Waals surface area (Å²) in [4.78, 5) is 2.44. The summed E-state index contributed by atoms with van der Waals surface area (Å²) in [6.07, 6.45) is 1.34. The second-order valence-corrected chi connectivity index (χ2v) is 3.95. The van der Waals surface area contributed by atoms with Gasteiger partial charge in [0.25, 0.3) is 0 Å². The normalized spacial score (nSPS) is 16.4. The Morgan fingerprint density at radius 3 is 2.71 bits per heavy atom. The maximum absolute atomic E-state index is 5.37. The zero-order chi connectivity index (χ0) is 9.97. The third-order valence-electron chi connectivity index (χ3n) is 2.79. The highest BCUT2D eigenvalue weighted by atomic mass is 16.5. The van der Waals surface area contributed by atoms with Gasteiger partial charge in [-0.2, -0.15) is 0 Å². The Morgan fingerprint density at radius 2 is 2.14 bits per heavy atom. The van der Waals surface area contributed by atoms with Gasteiger partial charge in [0.15, 0.2) is 0 Å². The van der Waals surface area contributed by atoms with E-state index in [0.717, 1.165) is 12.3 Å². The van der Waals surface area contributed by atoms with Crippen LogP contribution in [0.1, 0.15) is 17.5 Å². The fourth-order valence-corrected chi connectivity index (χ4v) is 1.76. The first-order valence-electron chi connectivity index (χ1n) is 5.15. The van der Waals surface area contributed by atoms with Crippen molar-refractivity contribution in [1.82, 2.24) is 4.90 Å². The molecule has 1 aliphatic rings. The molecule has 0 bridgehead atoms. The minimum absolute atomic E-state index is 1.02. The maximum atomic E-state index is 5.37. The van der Waals surface area contributed by atoms with Crippen LogP contribution < -0.4 is 4.74 Å². The molecule has 0 radical (unpaired) electrons. The number of hydrogen-bond donors (Lipinski definition) is 0. The molecule has 0 unspecified atom stereocenters. The molecule has 0 atom stereocenters. The van der Waals surface area contributed by atoms with E-state index in [1.807, 2.05) is 0 Å². The SMILES string of the molecule is COc1cc(C)ccc1CN1CCC1. The van der Waals surface area contributed by atoms with Gasteiger partial charge in [0.05, 0.1) is 7.11 Å². The smallest absolute Gasteiger partial charge is 0.123 e. The number of ether oxygens (including phenoxy) is 1. The number of nitrogens with zero attached hydrogens (tertiary/aromatic N) is 1. The summed E-state index contributed by atoms with van der Waals surface area (Å²) in [6, 6.07) is 6.43. The van der Waals surface area contributed by atoms with Crippen molar-refractivity contribution >= 4 is 0 Å². The molecule has 14 heavy (non-hydrogen) atoms. The van der Waals surface area contributed by atoms with Crippen LogP contribution in [0.5, 0.6) is 5.75 Å². The van der Waals surface area contributed by atoms with Gasteiger partial charge in [0, 0.05) is 12.1 Å². The number of likely N-dealkylation sites (tertiary alicyclic amines) is 1. The van der Waals surface area contributed by atoms with Crippen molar-refractivity contribution < 1.29 is 4.74 Å². The van der Waals surface area contributed by atoms with E-state index in [2.05, 4.69) is 30.0 Å². The quantitative estimate of drug-likeness (QED) is 0.726. The predicted octanol–water partition coefficient (Wildman–Crippen LogP) is 2.21. The molecule has 1 aromatic carbocycles. The van der Waals surface area contributed by atoms with Crippen molar-refractivity contribution in [2.24, 2.45) is 0 Å². The summed E-state index contributed by atoms with van der Waals surface area (Å²) in [5, 5.41) is 0.